The van der Waals surface area contributed by atoms with Crippen LogP contribution in [-0.4, -0.2) is 23.2 Å². The molecule has 116 valence electrons. The summed E-state index contributed by atoms with van der Waals surface area (Å²) in [5.41, 5.74) is -0.312. The molecule has 2 N–H and O–H groups in total. The minimum atomic E-state index is -1.08. The molecule has 1 atom stereocenters. The number of hydrogen-bond donors (Lipinski definition) is 2. The summed E-state index contributed by atoms with van der Waals surface area (Å²) >= 11 is 6.00. The van der Waals surface area contributed by atoms with Crippen LogP contribution in [0.25, 0.3) is 6.08 Å². The summed E-state index contributed by atoms with van der Waals surface area (Å²) in [5.74, 6) is 0.380. The maximum atomic E-state index is 11.8. The normalized spacial score (nSPS) is 14.0. The Bertz CT molecular complexity index is 648. The summed E-state index contributed by atoms with van der Waals surface area (Å²) in [5, 5.41) is 13.5. The van der Waals surface area contributed by atoms with Gasteiger partial charge in [-0.15, -0.1) is 0 Å². The standard InChI is InChI=1S/C17H18ClNO3/c1-17(21,11-14-6-4-10-22-14)12-19-16(20)9-8-13-5-2-3-7-15(13)18/h2-10,21H,11-12H2,1H3,(H,19,20)/b9-8+. The van der Waals surface area contributed by atoms with Crippen molar-refractivity contribution in [1.29, 1.82) is 0 Å². The minimum Gasteiger partial charge on any atom is -0.469 e. The monoisotopic (exact) mass is 319 g/mol. The van der Waals surface area contributed by atoms with Crippen molar-refractivity contribution in [2.24, 2.45) is 0 Å². The van der Waals surface area contributed by atoms with Gasteiger partial charge in [-0.1, -0.05) is 29.8 Å². The predicted molar refractivity (Wildman–Crippen MR) is 86.5 cm³/mol. The molecule has 22 heavy (non-hydrogen) atoms. The van der Waals surface area contributed by atoms with Crippen LogP contribution in [0.2, 0.25) is 5.02 Å². The van der Waals surface area contributed by atoms with Gasteiger partial charge in [0.15, 0.2) is 0 Å². The number of carbonyl (C=O) groups is 1. The largest absolute Gasteiger partial charge is 0.469 e. The predicted octanol–water partition coefficient (Wildman–Crippen LogP) is 3.06. The van der Waals surface area contributed by atoms with E-state index in [1.807, 2.05) is 18.2 Å². The highest BCUT2D eigenvalue weighted by Crippen LogP contribution is 2.16. The van der Waals surface area contributed by atoms with Crippen molar-refractivity contribution < 1.29 is 14.3 Å². The number of rotatable bonds is 6. The first-order valence-electron chi connectivity index (χ1n) is 6.91. The first kappa shape index (κ1) is 16.3. The van der Waals surface area contributed by atoms with E-state index < -0.39 is 5.60 Å². The molecule has 0 aliphatic heterocycles. The molecule has 0 radical (unpaired) electrons. The molecule has 0 aliphatic rings. The van der Waals surface area contributed by atoms with Gasteiger partial charge >= 0.3 is 0 Å². The van der Waals surface area contributed by atoms with Gasteiger partial charge in [-0.25, -0.2) is 0 Å². The molecule has 0 saturated heterocycles. The molecule has 0 fully saturated rings. The van der Waals surface area contributed by atoms with Crippen molar-refractivity contribution in [1.82, 2.24) is 5.32 Å². The minimum absolute atomic E-state index is 0.124. The van der Waals surface area contributed by atoms with Gasteiger partial charge in [-0.3, -0.25) is 4.79 Å². The van der Waals surface area contributed by atoms with E-state index in [4.69, 9.17) is 16.0 Å². The fraction of sp³-hybridized carbons (Fsp3) is 0.235. The maximum Gasteiger partial charge on any atom is 0.244 e. The van der Waals surface area contributed by atoms with Crippen LogP contribution in [0.1, 0.15) is 18.2 Å². The summed E-state index contributed by atoms with van der Waals surface area (Å²) in [6.07, 6.45) is 4.91. The highest BCUT2D eigenvalue weighted by molar-refractivity contribution is 6.32. The Morgan fingerprint density at radius 1 is 1.36 bits per heavy atom. The van der Waals surface area contributed by atoms with E-state index in [0.29, 0.717) is 17.2 Å². The third-order valence-corrected chi connectivity index (χ3v) is 3.44. The van der Waals surface area contributed by atoms with Gasteiger partial charge in [0.25, 0.3) is 0 Å². The number of furan rings is 1. The maximum absolute atomic E-state index is 11.8. The number of hydrogen-bond acceptors (Lipinski definition) is 3. The number of halogens is 1. The SMILES string of the molecule is CC(O)(CNC(=O)/C=C/c1ccccc1Cl)Cc1ccco1. The molecule has 1 unspecified atom stereocenters. The molecule has 0 bridgehead atoms. The van der Waals surface area contributed by atoms with Crippen LogP contribution in [0.5, 0.6) is 0 Å². The van der Waals surface area contributed by atoms with Crippen molar-refractivity contribution in [3.8, 4) is 0 Å². The molecule has 1 aromatic carbocycles. The smallest absolute Gasteiger partial charge is 0.244 e. The van der Waals surface area contributed by atoms with E-state index >= 15 is 0 Å². The van der Waals surface area contributed by atoms with Crippen LogP contribution in [0.3, 0.4) is 0 Å². The Balaban J connectivity index is 1.86. The van der Waals surface area contributed by atoms with Crippen molar-refractivity contribution in [2.45, 2.75) is 18.9 Å². The second-order valence-corrected chi connectivity index (χ2v) is 5.73. The Hall–Kier alpha value is -2.04. The number of amides is 1. The number of carbonyl (C=O) groups excluding carboxylic acids is 1. The van der Waals surface area contributed by atoms with E-state index in [9.17, 15) is 9.90 Å². The number of nitrogens with one attached hydrogen (secondary N) is 1. The molecule has 0 spiro atoms. The third kappa shape index (κ3) is 5.06. The van der Waals surface area contributed by atoms with Crippen LogP contribution < -0.4 is 5.32 Å². The molecule has 2 rings (SSSR count). The third-order valence-electron chi connectivity index (χ3n) is 3.10. The van der Waals surface area contributed by atoms with Crippen molar-refractivity contribution >= 4 is 23.6 Å². The average molecular weight is 320 g/mol. The molecular formula is C17H18ClNO3. The van der Waals surface area contributed by atoms with Crippen LogP contribution in [0.4, 0.5) is 0 Å². The molecular weight excluding hydrogens is 302 g/mol. The lowest BCUT2D eigenvalue weighted by atomic mass is 10.0. The van der Waals surface area contributed by atoms with Crippen LogP contribution in [-0.2, 0) is 11.2 Å². The molecule has 1 heterocycles. The van der Waals surface area contributed by atoms with Crippen molar-refractivity contribution in [3.63, 3.8) is 0 Å². The van der Waals surface area contributed by atoms with Gasteiger partial charge in [0.05, 0.1) is 11.9 Å². The quantitative estimate of drug-likeness (QED) is 0.804. The number of benzene rings is 1. The number of aliphatic hydroxyl groups is 1. The van der Waals surface area contributed by atoms with Gasteiger partial charge < -0.3 is 14.8 Å². The summed E-state index contributed by atoms with van der Waals surface area (Å²) in [7, 11) is 0. The molecule has 5 heteroatoms. The molecule has 1 aromatic heterocycles. The summed E-state index contributed by atoms with van der Waals surface area (Å²) < 4.78 is 5.19. The summed E-state index contributed by atoms with van der Waals surface area (Å²) in [4.78, 5) is 11.8. The fourth-order valence-corrected chi connectivity index (χ4v) is 2.16. The van der Waals surface area contributed by atoms with Crippen LogP contribution >= 0.6 is 11.6 Å². The average Bonchev–Trinajstić information content (AvgIpc) is 2.96. The van der Waals surface area contributed by atoms with Crippen molar-refractivity contribution in [2.75, 3.05) is 6.54 Å². The second kappa shape index (κ2) is 7.29. The lowest BCUT2D eigenvalue weighted by molar-refractivity contribution is -0.117. The fourth-order valence-electron chi connectivity index (χ4n) is 1.96. The van der Waals surface area contributed by atoms with Gasteiger partial charge in [0.2, 0.25) is 5.91 Å². The van der Waals surface area contributed by atoms with E-state index in [2.05, 4.69) is 5.32 Å². The lowest BCUT2D eigenvalue weighted by Crippen LogP contribution is -2.41. The molecule has 2 aromatic rings. The second-order valence-electron chi connectivity index (χ2n) is 5.33. The lowest BCUT2D eigenvalue weighted by Gasteiger charge is -2.22. The highest BCUT2D eigenvalue weighted by Gasteiger charge is 2.22. The summed E-state index contributed by atoms with van der Waals surface area (Å²) in [6, 6.07) is 10.8. The Labute approximate surface area is 134 Å². The van der Waals surface area contributed by atoms with Gasteiger partial charge in [0, 0.05) is 24.1 Å². The molecule has 0 saturated carbocycles. The van der Waals surface area contributed by atoms with E-state index in [-0.39, 0.29) is 12.5 Å². The van der Waals surface area contributed by atoms with Gasteiger partial charge in [0.1, 0.15) is 5.76 Å². The van der Waals surface area contributed by atoms with Crippen LogP contribution in [0.15, 0.2) is 53.2 Å². The Morgan fingerprint density at radius 2 is 2.14 bits per heavy atom. The topological polar surface area (TPSA) is 62.5 Å². The van der Waals surface area contributed by atoms with E-state index in [0.717, 1.165) is 5.56 Å². The van der Waals surface area contributed by atoms with E-state index in [1.54, 1.807) is 37.5 Å². The van der Waals surface area contributed by atoms with E-state index in [1.165, 1.54) is 6.08 Å². The molecule has 4 nitrogen and oxygen atoms in total. The Kier molecular flexibility index (Phi) is 5.41. The zero-order valence-corrected chi connectivity index (χ0v) is 13.0. The molecule has 1 amide bonds. The molecule has 0 aliphatic carbocycles. The van der Waals surface area contributed by atoms with Crippen molar-refractivity contribution in [3.05, 3.63) is 65.1 Å². The van der Waals surface area contributed by atoms with Gasteiger partial charge in [-0.2, -0.15) is 0 Å². The van der Waals surface area contributed by atoms with Gasteiger partial charge in [-0.05, 0) is 36.8 Å². The van der Waals surface area contributed by atoms with Crippen LogP contribution in [0, 0.1) is 0 Å². The Morgan fingerprint density at radius 3 is 2.82 bits per heavy atom. The first-order valence-corrected chi connectivity index (χ1v) is 7.29. The highest BCUT2D eigenvalue weighted by atomic mass is 35.5. The summed E-state index contributed by atoms with van der Waals surface area (Å²) in [6.45, 7) is 1.77. The first-order chi connectivity index (χ1) is 10.5. The zero-order chi connectivity index (χ0) is 16.0. The zero-order valence-electron chi connectivity index (χ0n) is 12.3.